The van der Waals surface area contributed by atoms with Gasteiger partial charge in [0.2, 0.25) is 0 Å². The number of fused-ring (bicyclic) bond motifs is 1. The van der Waals surface area contributed by atoms with E-state index < -0.39 is 10.8 Å². The van der Waals surface area contributed by atoms with Gasteiger partial charge in [-0.25, -0.2) is 0 Å². The number of carbonyl (C=O) groups excluding carboxylic acids is 1. The Bertz CT molecular complexity index is 1410. The van der Waals surface area contributed by atoms with Crippen LogP contribution in [0.1, 0.15) is 23.1 Å². The number of para-hydroxylation sites is 1. The number of aryl methyl sites for hydroxylation is 1. The molecule has 1 N–H and O–H groups in total. The number of aromatic nitrogens is 1. The van der Waals surface area contributed by atoms with Crippen molar-refractivity contribution in [3.63, 3.8) is 0 Å². The minimum absolute atomic E-state index is 0.0444. The second-order valence-corrected chi connectivity index (χ2v) is 8.17. The van der Waals surface area contributed by atoms with Crippen LogP contribution in [0.3, 0.4) is 0 Å². The molecule has 0 radical (unpaired) electrons. The molecule has 0 fully saturated rings. The number of benzene rings is 3. The van der Waals surface area contributed by atoms with E-state index in [9.17, 15) is 20.2 Å². The topological polar surface area (TPSA) is 101 Å². The number of rotatable bonds is 9. The van der Waals surface area contributed by atoms with Gasteiger partial charge in [0, 0.05) is 47.9 Å². The Morgan fingerprint density at radius 2 is 1.71 bits per heavy atom. The van der Waals surface area contributed by atoms with Crippen molar-refractivity contribution in [1.29, 1.82) is 5.26 Å². The summed E-state index contributed by atoms with van der Waals surface area (Å²) in [4.78, 5) is 23.1. The zero-order chi connectivity index (χ0) is 24.6. The third-order valence-corrected chi connectivity index (χ3v) is 5.76. The quantitative estimate of drug-likeness (QED) is 0.120. The summed E-state index contributed by atoms with van der Waals surface area (Å²) >= 11 is 0. The molecule has 0 saturated carbocycles. The first-order chi connectivity index (χ1) is 17.0. The molecule has 0 spiro atoms. The van der Waals surface area contributed by atoms with Gasteiger partial charge in [0.25, 0.3) is 11.6 Å². The van der Waals surface area contributed by atoms with E-state index in [1.807, 2.05) is 59.3 Å². The molecule has 0 aliphatic carbocycles. The lowest BCUT2D eigenvalue weighted by molar-refractivity contribution is -0.384. The van der Waals surface area contributed by atoms with Gasteiger partial charge in [0.15, 0.2) is 0 Å². The van der Waals surface area contributed by atoms with Crippen LogP contribution in [0.2, 0.25) is 0 Å². The van der Waals surface area contributed by atoms with Crippen LogP contribution in [0.4, 0.5) is 5.69 Å². The number of nitriles is 1. The summed E-state index contributed by atoms with van der Waals surface area (Å²) < 4.78 is 2.01. The van der Waals surface area contributed by atoms with Gasteiger partial charge in [-0.15, -0.1) is 0 Å². The predicted octanol–water partition coefficient (Wildman–Crippen LogP) is 5.25. The molecular weight excluding hydrogens is 440 g/mol. The molecule has 7 heteroatoms. The molecule has 1 heterocycles. The van der Waals surface area contributed by atoms with E-state index in [2.05, 4.69) is 17.4 Å². The lowest BCUT2D eigenvalue weighted by Gasteiger charge is -2.05. The van der Waals surface area contributed by atoms with E-state index >= 15 is 0 Å². The Morgan fingerprint density at radius 3 is 2.43 bits per heavy atom. The van der Waals surface area contributed by atoms with Crippen LogP contribution in [-0.2, 0) is 17.8 Å². The Kier molecular flexibility index (Phi) is 7.34. The zero-order valence-corrected chi connectivity index (χ0v) is 19.1. The third kappa shape index (κ3) is 5.81. The second-order valence-electron chi connectivity index (χ2n) is 8.17. The fourth-order valence-electron chi connectivity index (χ4n) is 3.98. The number of nitro groups is 1. The smallest absolute Gasteiger partial charge is 0.269 e. The second kappa shape index (κ2) is 10.9. The number of carbonyl (C=O) groups is 1. The molecule has 0 unspecified atom stereocenters. The summed E-state index contributed by atoms with van der Waals surface area (Å²) in [5, 5.41) is 24.3. The lowest BCUT2D eigenvalue weighted by atomic mass is 10.1. The van der Waals surface area contributed by atoms with Crippen molar-refractivity contribution >= 4 is 28.6 Å². The van der Waals surface area contributed by atoms with E-state index in [4.69, 9.17) is 0 Å². The Morgan fingerprint density at radius 1 is 1.00 bits per heavy atom. The monoisotopic (exact) mass is 464 g/mol. The number of nitro benzene ring substituents is 1. The van der Waals surface area contributed by atoms with Crippen LogP contribution in [0.5, 0.6) is 0 Å². The first-order valence-corrected chi connectivity index (χ1v) is 11.3. The summed E-state index contributed by atoms with van der Waals surface area (Å²) in [5.41, 5.74) is 3.91. The Balaban J connectivity index is 1.49. The van der Waals surface area contributed by atoms with Gasteiger partial charge in [0.05, 0.1) is 4.92 Å². The van der Waals surface area contributed by atoms with Crippen LogP contribution in [0.15, 0.2) is 90.6 Å². The molecule has 0 saturated heterocycles. The highest BCUT2D eigenvalue weighted by Crippen LogP contribution is 2.25. The van der Waals surface area contributed by atoms with E-state index in [1.54, 1.807) is 18.2 Å². The Hall–Kier alpha value is -4.70. The van der Waals surface area contributed by atoms with Gasteiger partial charge >= 0.3 is 0 Å². The van der Waals surface area contributed by atoms with Crippen molar-refractivity contribution in [2.24, 2.45) is 0 Å². The molecule has 7 nitrogen and oxygen atoms in total. The number of hydrogen-bond acceptors (Lipinski definition) is 4. The lowest BCUT2D eigenvalue weighted by Crippen LogP contribution is -2.25. The van der Waals surface area contributed by atoms with Crippen LogP contribution in [-0.4, -0.2) is 21.9 Å². The fourth-order valence-corrected chi connectivity index (χ4v) is 3.98. The van der Waals surface area contributed by atoms with Crippen molar-refractivity contribution in [3.05, 3.63) is 117 Å². The molecule has 3 aromatic carbocycles. The normalized spacial score (nSPS) is 11.2. The van der Waals surface area contributed by atoms with Gasteiger partial charge in [-0.05, 0) is 36.1 Å². The van der Waals surface area contributed by atoms with E-state index in [0.717, 1.165) is 34.9 Å². The van der Waals surface area contributed by atoms with Gasteiger partial charge < -0.3 is 9.88 Å². The van der Waals surface area contributed by atoms with Crippen LogP contribution in [0.25, 0.3) is 17.0 Å². The van der Waals surface area contributed by atoms with Crippen LogP contribution < -0.4 is 5.32 Å². The van der Waals surface area contributed by atoms with Crippen LogP contribution in [0, 0.1) is 21.4 Å². The molecule has 4 aromatic rings. The number of hydrogen-bond donors (Lipinski definition) is 1. The van der Waals surface area contributed by atoms with Crippen molar-refractivity contribution in [3.8, 4) is 6.07 Å². The summed E-state index contributed by atoms with van der Waals surface area (Å²) in [6.45, 7) is 0.981. The summed E-state index contributed by atoms with van der Waals surface area (Å²) in [6.07, 6.45) is 5.14. The van der Waals surface area contributed by atoms with Gasteiger partial charge in [0.1, 0.15) is 11.6 Å². The highest BCUT2D eigenvalue weighted by atomic mass is 16.6. The minimum Gasteiger partial charge on any atom is -0.351 e. The molecule has 0 aliphatic rings. The zero-order valence-electron chi connectivity index (χ0n) is 19.1. The average Bonchev–Trinajstić information content (AvgIpc) is 3.23. The number of amides is 1. The third-order valence-electron chi connectivity index (χ3n) is 5.76. The molecule has 0 atom stereocenters. The van der Waals surface area contributed by atoms with E-state index in [1.165, 1.54) is 17.7 Å². The maximum absolute atomic E-state index is 12.6. The summed E-state index contributed by atoms with van der Waals surface area (Å²) in [5.74, 6) is -0.396. The maximum atomic E-state index is 12.6. The standard InChI is InChI=1S/C28H24N4O3/c29-18-23(28(33)30-16-6-9-21-7-2-1-3-8-21)17-24-20-31(27-11-5-4-10-26(24)27)19-22-12-14-25(15-13-22)32(34)35/h1-5,7-8,10-15,17,20H,6,9,16,19H2,(H,30,33)/b23-17-. The van der Waals surface area contributed by atoms with E-state index in [0.29, 0.717) is 13.1 Å². The van der Waals surface area contributed by atoms with Crippen molar-refractivity contribution < 1.29 is 9.72 Å². The van der Waals surface area contributed by atoms with E-state index in [-0.39, 0.29) is 11.3 Å². The minimum atomic E-state index is -0.423. The molecule has 1 aromatic heterocycles. The van der Waals surface area contributed by atoms with Gasteiger partial charge in [-0.3, -0.25) is 14.9 Å². The highest BCUT2D eigenvalue weighted by molar-refractivity contribution is 6.04. The SMILES string of the molecule is N#C/C(=C/c1cn(Cc2ccc([N+](=O)[O-])cc2)c2ccccc12)C(=O)NCCCc1ccccc1. The molecule has 35 heavy (non-hydrogen) atoms. The van der Waals surface area contributed by atoms with Crippen molar-refractivity contribution in [2.45, 2.75) is 19.4 Å². The molecule has 174 valence electrons. The molecule has 4 rings (SSSR count). The largest absolute Gasteiger partial charge is 0.351 e. The first-order valence-electron chi connectivity index (χ1n) is 11.3. The molecule has 0 bridgehead atoms. The van der Waals surface area contributed by atoms with Crippen LogP contribution >= 0.6 is 0 Å². The number of nitrogens with one attached hydrogen (secondary N) is 1. The number of non-ortho nitro benzene ring substituents is 1. The maximum Gasteiger partial charge on any atom is 0.269 e. The molecule has 1 amide bonds. The summed E-state index contributed by atoms with van der Waals surface area (Å²) in [6, 6.07) is 26.2. The van der Waals surface area contributed by atoms with Crippen molar-refractivity contribution in [2.75, 3.05) is 6.54 Å². The fraction of sp³-hybridized carbons (Fsp3) is 0.143. The van der Waals surface area contributed by atoms with Crippen molar-refractivity contribution in [1.82, 2.24) is 9.88 Å². The molecular formula is C28H24N4O3. The highest BCUT2D eigenvalue weighted by Gasteiger charge is 2.13. The van der Waals surface area contributed by atoms with Gasteiger partial charge in [-0.1, -0.05) is 60.7 Å². The first kappa shape index (κ1) is 23.5. The predicted molar refractivity (Wildman–Crippen MR) is 135 cm³/mol. The Labute approximate surface area is 203 Å². The summed E-state index contributed by atoms with van der Waals surface area (Å²) in [7, 11) is 0. The van der Waals surface area contributed by atoms with Gasteiger partial charge in [-0.2, -0.15) is 5.26 Å². The number of nitrogens with zero attached hydrogens (tertiary/aromatic N) is 3. The average molecular weight is 465 g/mol. The molecule has 0 aliphatic heterocycles.